The van der Waals surface area contributed by atoms with Crippen LogP contribution in [-0.4, -0.2) is 41.4 Å². The molecule has 3 atom stereocenters. The number of nitrogens with one attached hydrogen (secondary N) is 3. The number of carbonyl (C=O) groups excluding carboxylic acids is 2. The van der Waals surface area contributed by atoms with Crippen LogP contribution in [0.25, 0.3) is 0 Å². The maximum absolute atomic E-state index is 13.2. The van der Waals surface area contributed by atoms with Gasteiger partial charge in [0, 0.05) is 12.6 Å². The van der Waals surface area contributed by atoms with Crippen LogP contribution in [0.1, 0.15) is 64.4 Å². The molecule has 0 aromatic heterocycles. The lowest BCUT2D eigenvalue weighted by atomic mass is 9.69. The molecule has 6 rings (SSSR count). The van der Waals surface area contributed by atoms with E-state index in [9.17, 15) is 9.59 Å². The monoisotopic (exact) mass is 458 g/mol. The Morgan fingerprint density at radius 1 is 1.34 bits per heavy atom. The van der Waals surface area contributed by atoms with Gasteiger partial charge in [-0.05, 0) is 69.9 Å². The molecule has 7 nitrogen and oxygen atoms in total. The minimum atomic E-state index is -0.827. The first-order valence-electron chi connectivity index (χ1n) is 11.6. The van der Waals surface area contributed by atoms with Gasteiger partial charge in [-0.2, -0.15) is 0 Å². The molecule has 2 amide bonds. The summed E-state index contributed by atoms with van der Waals surface area (Å²) in [5.74, 6) is 0.757. The zero-order valence-corrected chi connectivity index (χ0v) is 19.4. The van der Waals surface area contributed by atoms with Gasteiger partial charge in [0.25, 0.3) is 0 Å². The van der Waals surface area contributed by atoms with Gasteiger partial charge in [-0.1, -0.05) is 23.7 Å². The average Bonchev–Trinajstić information content (AvgIpc) is 3.31. The van der Waals surface area contributed by atoms with Crippen LogP contribution in [0.4, 0.5) is 5.69 Å². The van der Waals surface area contributed by atoms with E-state index < -0.39 is 5.54 Å². The van der Waals surface area contributed by atoms with E-state index in [0.29, 0.717) is 28.8 Å². The fourth-order valence-electron chi connectivity index (χ4n) is 6.18. The number of nitrogens with zero attached hydrogens (tertiary/aromatic N) is 1. The number of halogens is 1. The average molecular weight is 459 g/mol. The van der Waals surface area contributed by atoms with Crippen molar-refractivity contribution in [3.8, 4) is 0 Å². The summed E-state index contributed by atoms with van der Waals surface area (Å²) in [6.07, 6.45) is 5.73. The van der Waals surface area contributed by atoms with Crippen LogP contribution in [0.15, 0.2) is 18.2 Å². The van der Waals surface area contributed by atoms with Gasteiger partial charge >= 0.3 is 0 Å². The molecular weight excluding hydrogens is 428 g/mol. The predicted octanol–water partition coefficient (Wildman–Crippen LogP) is 4.01. The number of amides is 2. The number of carbonyl (C=O) groups is 2. The third-order valence-electron chi connectivity index (χ3n) is 7.94. The summed E-state index contributed by atoms with van der Waals surface area (Å²) >= 11 is 6.77. The summed E-state index contributed by atoms with van der Waals surface area (Å²) in [6.45, 7) is 4.48. The summed E-state index contributed by atoms with van der Waals surface area (Å²) in [5, 5.41) is 15.3. The SMILES string of the molecule is C[C@@H]1C[C@H](N2C(=N)N[C@](C)(c3cccc(NC(=O)C45CCC(C4)C5)c3Cl)CC2=O)CCO1. The van der Waals surface area contributed by atoms with Gasteiger partial charge in [0.15, 0.2) is 5.96 Å². The Morgan fingerprint density at radius 2 is 2.12 bits per heavy atom. The zero-order valence-electron chi connectivity index (χ0n) is 18.7. The van der Waals surface area contributed by atoms with Crippen LogP contribution in [0.3, 0.4) is 0 Å². The highest BCUT2D eigenvalue weighted by atomic mass is 35.5. The van der Waals surface area contributed by atoms with Gasteiger partial charge in [-0.15, -0.1) is 0 Å². The number of anilines is 1. The fourth-order valence-corrected chi connectivity index (χ4v) is 6.56. The Bertz CT molecular complexity index is 950. The number of benzene rings is 1. The molecule has 3 N–H and O–H groups in total. The van der Waals surface area contributed by atoms with E-state index in [1.165, 1.54) is 0 Å². The molecule has 0 unspecified atom stereocenters. The van der Waals surface area contributed by atoms with E-state index in [-0.39, 0.29) is 41.8 Å². The number of fused-ring (bicyclic) bond motifs is 1. The predicted molar refractivity (Wildman–Crippen MR) is 123 cm³/mol. The van der Waals surface area contributed by atoms with Crippen molar-refractivity contribution in [2.75, 3.05) is 11.9 Å². The van der Waals surface area contributed by atoms with Gasteiger partial charge in [0.1, 0.15) is 0 Å². The van der Waals surface area contributed by atoms with Crippen LogP contribution in [0, 0.1) is 16.7 Å². The van der Waals surface area contributed by atoms with E-state index in [1.807, 2.05) is 26.0 Å². The molecule has 1 aromatic rings. The van der Waals surface area contributed by atoms with Crippen molar-refractivity contribution in [2.45, 2.75) is 76.5 Å². The van der Waals surface area contributed by atoms with Crippen molar-refractivity contribution in [1.29, 1.82) is 5.41 Å². The van der Waals surface area contributed by atoms with Gasteiger partial charge < -0.3 is 15.4 Å². The van der Waals surface area contributed by atoms with E-state index in [1.54, 1.807) is 11.0 Å². The molecule has 1 aromatic carbocycles. The summed E-state index contributed by atoms with van der Waals surface area (Å²) in [4.78, 5) is 27.7. The van der Waals surface area contributed by atoms with Crippen molar-refractivity contribution in [3.63, 3.8) is 0 Å². The Labute approximate surface area is 193 Å². The standard InChI is InChI=1S/C24H31ClN4O3/c1-14-10-16(7-9-32-14)29-19(30)13-23(2,28-22(29)26)17-4-3-5-18(20(17)25)27-21(31)24-8-6-15(11-24)12-24/h3-5,14-16H,6-13H2,1-2H3,(H2,26,28)(H,27,31)/t14-,15?,16-,23+,24?/m1/s1. The summed E-state index contributed by atoms with van der Waals surface area (Å²) in [5.41, 5.74) is 0.232. The number of hydrogen-bond acceptors (Lipinski definition) is 4. The quantitative estimate of drug-likeness (QED) is 0.635. The van der Waals surface area contributed by atoms with E-state index in [0.717, 1.165) is 38.5 Å². The minimum absolute atomic E-state index is 0.0335. The fraction of sp³-hybridized carbons (Fsp3) is 0.625. The molecule has 2 heterocycles. The van der Waals surface area contributed by atoms with Crippen LogP contribution in [-0.2, 0) is 19.9 Å². The molecule has 3 saturated carbocycles. The van der Waals surface area contributed by atoms with Crippen molar-refractivity contribution in [3.05, 3.63) is 28.8 Å². The smallest absolute Gasteiger partial charge is 0.232 e. The van der Waals surface area contributed by atoms with Crippen molar-refractivity contribution < 1.29 is 14.3 Å². The second kappa shape index (κ2) is 7.73. The van der Waals surface area contributed by atoms with Gasteiger partial charge in [-0.25, -0.2) is 0 Å². The molecule has 2 bridgehead atoms. The first-order valence-corrected chi connectivity index (χ1v) is 12.0. The van der Waals surface area contributed by atoms with E-state index in [2.05, 4.69) is 10.6 Å². The van der Waals surface area contributed by atoms with Crippen molar-refractivity contribution >= 4 is 35.1 Å². The van der Waals surface area contributed by atoms with Gasteiger partial charge in [0.2, 0.25) is 11.8 Å². The highest BCUT2D eigenvalue weighted by Gasteiger charge is 2.55. The second-order valence-corrected chi connectivity index (χ2v) is 10.7. The summed E-state index contributed by atoms with van der Waals surface area (Å²) < 4.78 is 5.61. The maximum atomic E-state index is 13.2. The van der Waals surface area contributed by atoms with Gasteiger partial charge in [0.05, 0.1) is 34.2 Å². The minimum Gasteiger partial charge on any atom is -0.378 e. The third kappa shape index (κ3) is 3.50. The topological polar surface area (TPSA) is 94.5 Å². The molecule has 0 spiro atoms. The Morgan fingerprint density at radius 3 is 2.78 bits per heavy atom. The van der Waals surface area contributed by atoms with Crippen molar-refractivity contribution in [1.82, 2.24) is 10.2 Å². The van der Waals surface area contributed by atoms with Gasteiger partial charge in [-0.3, -0.25) is 19.9 Å². The number of hydrogen-bond donors (Lipinski definition) is 3. The highest BCUT2D eigenvalue weighted by molar-refractivity contribution is 6.34. The number of rotatable bonds is 4. The molecule has 3 aliphatic carbocycles. The lowest BCUT2D eigenvalue weighted by molar-refractivity contribution is -0.134. The van der Waals surface area contributed by atoms with Crippen LogP contribution < -0.4 is 10.6 Å². The third-order valence-corrected chi connectivity index (χ3v) is 8.35. The van der Waals surface area contributed by atoms with E-state index >= 15 is 0 Å². The molecule has 0 radical (unpaired) electrons. The Balaban J connectivity index is 1.35. The molecule has 2 saturated heterocycles. The first-order chi connectivity index (χ1) is 15.2. The first kappa shape index (κ1) is 21.7. The molecule has 8 heteroatoms. The zero-order chi connectivity index (χ0) is 22.7. The Hall–Kier alpha value is -2.12. The molecule has 2 aliphatic heterocycles. The maximum Gasteiger partial charge on any atom is 0.232 e. The molecule has 5 aliphatic rings. The summed E-state index contributed by atoms with van der Waals surface area (Å²) in [6, 6.07) is 5.49. The molecule has 32 heavy (non-hydrogen) atoms. The van der Waals surface area contributed by atoms with Crippen LogP contribution >= 0.6 is 11.6 Å². The Kier molecular flexibility index (Phi) is 5.25. The van der Waals surface area contributed by atoms with Crippen molar-refractivity contribution in [2.24, 2.45) is 11.3 Å². The lowest BCUT2D eigenvalue weighted by Gasteiger charge is -2.45. The number of ether oxygens (including phenoxy) is 1. The normalized spacial score (nSPS) is 36.5. The lowest BCUT2D eigenvalue weighted by Crippen LogP contribution is -2.63. The van der Waals surface area contributed by atoms with Crippen LogP contribution in [0.2, 0.25) is 5.02 Å². The molecular formula is C24H31ClN4O3. The summed E-state index contributed by atoms with van der Waals surface area (Å²) in [7, 11) is 0. The molecule has 5 fully saturated rings. The second-order valence-electron chi connectivity index (χ2n) is 10.3. The largest absolute Gasteiger partial charge is 0.378 e. The van der Waals surface area contributed by atoms with E-state index in [4.69, 9.17) is 21.7 Å². The highest BCUT2D eigenvalue weighted by Crippen LogP contribution is 2.59. The number of guanidine groups is 1. The van der Waals surface area contributed by atoms with Crippen LogP contribution in [0.5, 0.6) is 0 Å². The molecule has 172 valence electrons.